The van der Waals surface area contributed by atoms with Gasteiger partial charge in [0.2, 0.25) is 10.0 Å². The molecule has 1 unspecified atom stereocenters. The number of sulfonamides is 1. The van der Waals surface area contributed by atoms with E-state index in [9.17, 15) is 18.0 Å². The van der Waals surface area contributed by atoms with E-state index in [4.69, 9.17) is 9.52 Å². The average Bonchev–Trinajstić information content (AvgIpc) is 2.64. The lowest BCUT2D eigenvalue weighted by Crippen LogP contribution is -2.38. The van der Waals surface area contributed by atoms with Gasteiger partial charge in [-0.1, -0.05) is 0 Å². The van der Waals surface area contributed by atoms with Crippen molar-refractivity contribution >= 4 is 27.1 Å². The Morgan fingerprint density at radius 3 is 2.70 bits per heavy atom. The first kappa shape index (κ1) is 14.3. The van der Waals surface area contributed by atoms with Crippen LogP contribution in [0.3, 0.4) is 0 Å². The van der Waals surface area contributed by atoms with Gasteiger partial charge in [0.25, 0.3) is 0 Å². The number of carboxylic acid groups (broad SMARTS) is 1. The zero-order chi connectivity index (χ0) is 15.1. The van der Waals surface area contributed by atoms with Crippen molar-refractivity contribution in [2.24, 2.45) is 7.05 Å². The number of nitrogens with one attached hydrogen (secondary N) is 1. The fourth-order valence-corrected chi connectivity index (χ4v) is 2.84. The molecule has 8 nitrogen and oxygen atoms in total. The predicted molar refractivity (Wildman–Crippen MR) is 68.9 cm³/mol. The van der Waals surface area contributed by atoms with Crippen LogP contribution >= 0.6 is 0 Å². The zero-order valence-corrected chi connectivity index (χ0v) is 11.5. The van der Waals surface area contributed by atoms with Crippen molar-refractivity contribution in [2.75, 3.05) is 0 Å². The number of aromatic nitrogens is 1. The summed E-state index contributed by atoms with van der Waals surface area (Å²) in [6.07, 6.45) is 0. The van der Waals surface area contributed by atoms with E-state index in [2.05, 4.69) is 0 Å². The Morgan fingerprint density at radius 1 is 1.45 bits per heavy atom. The quantitative estimate of drug-likeness (QED) is 0.812. The average molecular weight is 300 g/mol. The van der Waals surface area contributed by atoms with Crippen molar-refractivity contribution in [3.63, 3.8) is 0 Å². The maximum Gasteiger partial charge on any atom is 0.419 e. The van der Waals surface area contributed by atoms with Gasteiger partial charge in [-0.05, 0) is 19.1 Å². The van der Waals surface area contributed by atoms with Gasteiger partial charge in [0.05, 0.1) is 10.4 Å². The van der Waals surface area contributed by atoms with E-state index in [1.807, 2.05) is 4.72 Å². The van der Waals surface area contributed by atoms with Gasteiger partial charge in [0.1, 0.15) is 6.04 Å². The van der Waals surface area contributed by atoms with Crippen molar-refractivity contribution in [2.45, 2.75) is 17.9 Å². The lowest BCUT2D eigenvalue weighted by molar-refractivity contribution is -0.138. The molecule has 0 aliphatic carbocycles. The molecule has 0 amide bonds. The number of aryl methyl sites for hydroxylation is 1. The molecule has 0 aliphatic heterocycles. The molecule has 2 N–H and O–H groups in total. The number of carbonyl (C=O) groups is 1. The molecule has 108 valence electrons. The molecule has 2 rings (SSSR count). The highest BCUT2D eigenvalue weighted by Crippen LogP contribution is 2.18. The molecule has 0 radical (unpaired) electrons. The molecule has 1 heterocycles. The molecule has 1 aromatic heterocycles. The third-order valence-electron chi connectivity index (χ3n) is 2.78. The van der Waals surface area contributed by atoms with Gasteiger partial charge in [0, 0.05) is 13.1 Å². The fourth-order valence-electron chi connectivity index (χ4n) is 1.63. The summed E-state index contributed by atoms with van der Waals surface area (Å²) in [6, 6.07) is 2.60. The number of fused-ring (bicyclic) bond motifs is 1. The molecule has 0 saturated carbocycles. The van der Waals surface area contributed by atoms with Crippen molar-refractivity contribution in [1.29, 1.82) is 0 Å². The smallest absolute Gasteiger partial charge is 0.419 e. The Hall–Kier alpha value is -2.13. The van der Waals surface area contributed by atoms with Gasteiger partial charge >= 0.3 is 11.7 Å². The van der Waals surface area contributed by atoms with Crippen LogP contribution in [0.5, 0.6) is 0 Å². The van der Waals surface area contributed by atoms with E-state index >= 15 is 0 Å². The number of aliphatic carboxylic acids is 1. The van der Waals surface area contributed by atoms with Gasteiger partial charge in [-0.15, -0.1) is 0 Å². The van der Waals surface area contributed by atoms with E-state index in [0.717, 1.165) is 0 Å². The van der Waals surface area contributed by atoms with Gasteiger partial charge in [0.15, 0.2) is 5.58 Å². The van der Waals surface area contributed by atoms with E-state index in [1.165, 1.54) is 36.7 Å². The molecule has 1 aromatic carbocycles. The van der Waals surface area contributed by atoms with Crippen LogP contribution in [0.4, 0.5) is 0 Å². The number of benzene rings is 1. The van der Waals surface area contributed by atoms with Crippen LogP contribution in [0.2, 0.25) is 0 Å². The second kappa shape index (κ2) is 4.76. The van der Waals surface area contributed by atoms with Crippen LogP contribution < -0.4 is 10.5 Å². The first-order valence-electron chi connectivity index (χ1n) is 5.57. The minimum atomic E-state index is -4.00. The van der Waals surface area contributed by atoms with Crippen LogP contribution in [0.25, 0.3) is 11.1 Å². The predicted octanol–water partition coefficient (Wildman–Crippen LogP) is -0.117. The van der Waals surface area contributed by atoms with Crippen LogP contribution in [-0.4, -0.2) is 30.1 Å². The Bertz CT molecular complexity index is 832. The number of nitrogens with zero attached hydrogens (tertiary/aromatic N) is 1. The van der Waals surface area contributed by atoms with Crippen molar-refractivity contribution < 1.29 is 22.7 Å². The Morgan fingerprint density at radius 2 is 2.10 bits per heavy atom. The largest absolute Gasteiger partial charge is 0.480 e. The summed E-state index contributed by atoms with van der Waals surface area (Å²) in [5.41, 5.74) is 0.559. The highest BCUT2D eigenvalue weighted by molar-refractivity contribution is 7.89. The number of hydrogen-bond acceptors (Lipinski definition) is 5. The first-order valence-corrected chi connectivity index (χ1v) is 7.05. The van der Waals surface area contributed by atoms with Gasteiger partial charge in [-0.25, -0.2) is 13.2 Å². The third-order valence-corrected chi connectivity index (χ3v) is 4.31. The summed E-state index contributed by atoms with van der Waals surface area (Å²) in [7, 11) is -2.51. The molecular formula is C11H12N2O6S. The van der Waals surface area contributed by atoms with Crippen molar-refractivity contribution in [3.05, 3.63) is 28.7 Å². The van der Waals surface area contributed by atoms with Gasteiger partial charge < -0.3 is 9.52 Å². The second-order valence-corrected chi connectivity index (χ2v) is 5.95. The molecule has 0 aliphatic rings. The lowest BCUT2D eigenvalue weighted by Gasteiger charge is -2.09. The molecule has 0 fully saturated rings. The normalized spacial score (nSPS) is 13.5. The molecule has 2 aromatic rings. The van der Waals surface area contributed by atoms with Crippen molar-refractivity contribution in [1.82, 2.24) is 9.29 Å². The van der Waals surface area contributed by atoms with Crippen LogP contribution in [-0.2, 0) is 21.9 Å². The SMILES string of the molecule is CC(NS(=O)(=O)c1ccc2c(c1)oc(=O)n2C)C(=O)O. The van der Waals surface area contributed by atoms with Gasteiger partial charge in [-0.3, -0.25) is 9.36 Å². The zero-order valence-electron chi connectivity index (χ0n) is 10.7. The molecule has 9 heteroatoms. The Kier molecular flexibility index (Phi) is 3.40. The summed E-state index contributed by atoms with van der Waals surface area (Å²) < 4.78 is 32.1. The molecular weight excluding hydrogens is 288 g/mol. The van der Waals surface area contributed by atoms with E-state index in [-0.39, 0.29) is 10.5 Å². The maximum atomic E-state index is 12.0. The summed E-state index contributed by atoms with van der Waals surface area (Å²) in [4.78, 5) is 21.8. The Balaban J connectivity index is 2.47. The van der Waals surface area contributed by atoms with Crippen molar-refractivity contribution in [3.8, 4) is 0 Å². The molecule has 20 heavy (non-hydrogen) atoms. The molecule has 0 saturated heterocycles. The van der Waals surface area contributed by atoms with Gasteiger partial charge in [-0.2, -0.15) is 4.72 Å². The number of carboxylic acids is 1. The molecule has 0 bridgehead atoms. The highest BCUT2D eigenvalue weighted by atomic mass is 32.2. The minimum absolute atomic E-state index is 0.114. The highest BCUT2D eigenvalue weighted by Gasteiger charge is 2.22. The van der Waals surface area contributed by atoms with E-state index in [0.29, 0.717) is 5.52 Å². The van der Waals surface area contributed by atoms with E-state index < -0.39 is 27.8 Å². The maximum absolute atomic E-state index is 12.0. The standard InChI is InChI=1S/C11H12N2O6S/c1-6(10(14)15)12-20(17,18)7-3-4-8-9(5-7)19-11(16)13(8)2/h3-6,12H,1-2H3,(H,14,15). The second-order valence-electron chi connectivity index (χ2n) is 4.24. The third kappa shape index (κ3) is 2.45. The van der Waals surface area contributed by atoms with Crippen LogP contribution in [0, 0.1) is 0 Å². The molecule has 0 spiro atoms. The topological polar surface area (TPSA) is 119 Å². The minimum Gasteiger partial charge on any atom is -0.480 e. The van der Waals surface area contributed by atoms with Crippen LogP contribution in [0.1, 0.15) is 6.92 Å². The summed E-state index contributed by atoms with van der Waals surface area (Å²) in [5, 5.41) is 8.71. The monoisotopic (exact) mass is 300 g/mol. The summed E-state index contributed by atoms with van der Waals surface area (Å²) >= 11 is 0. The van der Waals surface area contributed by atoms with E-state index in [1.54, 1.807) is 0 Å². The van der Waals surface area contributed by atoms with Crippen LogP contribution in [0.15, 0.2) is 32.3 Å². The molecule has 1 atom stereocenters. The number of rotatable bonds is 4. The fraction of sp³-hybridized carbons (Fsp3) is 0.273. The lowest BCUT2D eigenvalue weighted by atomic mass is 10.3. The Labute approximate surface area is 113 Å². The first-order chi connectivity index (χ1) is 9.22. The number of oxazole rings is 1. The number of hydrogen-bond donors (Lipinski definition) is 2. The summed E-state index contributed by atoms with van der Waals surface area (Å²) in [5.74, 6) is -1.90. The summed E-state index contributed by atoms with van der Waals surface area (Å²) in [6.45, 7) is 1.21.